The minimum atomic E-state index is -0.448. The molecule has 0 aliphatic carbocycles. The van der Waals surface area contributed by atoms with Crippen molar-refractivity contribution in [3.8, 4) is 0 Å². The van der Waals surface area contributed by atoms with Crippen molar-refractivity contribution in [3.63, 3.8) is 0 Å². The average Bonchev–Trinajstić information content (AvgIpc) is 2.70. The molecule has 0 saturated heterocycles. The Morgan fingerprint density at radius 3 is 1.64 bits per heavy atom. The molecule has 0 fully saturated rings. The first kappa shape index (κ1) is 24.7. The van der Waals surface area contributed by atoms with Gasteiger partial charge < -0.3 is 0 Å². The molecule has 0 amide bonds. The first-order chi connectivity index (χ1) is 13.6. The number of non-ortho nitro benzene ring substituents is 1. The SMILES string of the molecule is CCCCCCCCCCCCCCCCSC(=O)c1ccc([N+](=O)[O-])cc1. The maximum atomic E-state index is 12.1. The van der Waals surface area contributed by atoms with Crippen LogP contribution in [0.4, 0.5) is 5.69 Å². The molecule has 158 valence electrons. The van der Waals surface area contributed by atoms with E-state index in [4.69, 9.17) is 0 Å². The summed E-state index contributed by atoms with van der Waals surface area (Å²) in [6, 6.07) is 5.86. The van der Waals surface area contributed by atoms with Gasteiger partial charge in [0.15, 0.2) is 0 Å². The number of hydrogen-bond acceptors (Lipinski definition) is 4. The minimum Gasteiger partial charge on any atom is -0.282 e. The highest BCUT2D eigenvalue weighted by Gasteiger charge is 2.09. The standard InChI is InChI=1S/C23H37NO3S/c1-2-3-4-5-6-7-8-9-10-11-12-13-14-15-20-28-23(25)21-16-18-22(19-17-21)24(26)27/h16-19H,2-15,20H2,1H3. The Kier molecular flexibility index (Phi) is 14.6. The second kappa shape index (κ2) is 16.6. The Morgan fingerprint density at radius 2 is 1.21 bits per heavy atom. The van der Waals surface area contributed by atoms with Crippen LogP contribution in [-0.2, 0) is 0 Å². The van der Waals surface area contributed by atoms with Crippen molar-refractivity contribution in [2.75, 3.05) is 5.75 Å². The topological polar surface area (TPSA) is 60.2 Å². The van der Waals surface area contributed by atoms with Crippen LogP contribution in [0.1, 0.15) is 107 Å². The van der Waals surface area contributed by atoms with Crippen LogP contribution in [0.3, 0.4) is 0 Å². The van der Waals surface area contributed by atoms with Gasteiger partial charge in [0.05, 0.1) is 4.92 Å². The lowest BCUT2D eigenvalue weighted by atomic mass is 10.0. The number of hydrogen-bond donors (Lipinski definition) is 0. The summed E-state index contributed by atoms with van der Waals surface area (Å²) in [5, 5.41) is 10.6. The van der Waals surface area contributed by atoms with Gasteiger partial charge in [-0.1, -0.05) is 102 Å². The molecular formula is C23H37NO3S. The molecule has 0 N–H and O–H groups in total. The number of unbranched alkanes of at least 4 members (excludes halogenated alkanes) is 13. The maximum Gasteiger partial charge on any atom is 0.269 e. The van der Waals surface area contributed by atoms with Crippen molar-refractivity contribution < 1.29 is 9.72 Å². The highest BCUT2D eigenvalue weighted by Crippen LogP contribution is 2.19. The quantitative estimate of drug-likeness (QED) is 0.149. The summed E-state index contributed by atoms with van der Waals surface area (Å²) >= 11 is 1.32. The number of nitro groups is 1. The fraction of sp³-hybridized carbons (Fsp3) is 0.696. The van der Waals surface area contributed by atoms with Gasteiger partial charge in [0.2, 0.25) is 5.12 Å². The van der Waals surface area contributed by atoms with Crippen molar-refractivity contribution >= 4 is 22.6 Å². The molecular weight excluding hydrogens is 370 g/mol. The van der Waals surface area contributed by atoms with E-state index < -0.39 is 4.92 Å². The number of thioether (sulfide) groups is 1. The van der Waals surface area contributed by atoms with E-state index in [9.17, 15) is 14.9 Å². The van der Waals surface area contributed by atoms with Gasteiger partial charge in [-0.3, -0.25) is 14.9 Å². The zero-order valence-electron chi connectivity index (χ0n) is 17.5. The lowest BCUT2D eigenvalue weighted by molar-refractivity contribution is -0.384. The van der Waals surface area contributed by atoms with E-state index in [1.165, 1.54) is 107 Å². The van der Waals surface area contributed by atoms with Crippen LogP contribution in [0, 0.1) is 10.1 Å². The molecule has 1 rings (SSSR count). The van der Waals surface area contributed by atoms with Crippen LogP contribution in [0.15, 0.2) is 24.3 Å². The van der Waals surface area contributed by atoms with E-state index in [0.29, 0.717) is 5.56 Å². The Morgan fingerprint density at radius 1 is 0.786 bits per heavy atom. The van der Waals surface area contributed by atoms with Crippen LogP contribution in [-0.4, -0.2) is 15.8 Å². The zero-order chi connectivity index (χ0) is 20.5. The Labute approximate surface area is 175 Å². The third-order valence-corrected chi connectivity index (χ3v) is 6.04. The van der Waals surface area contributed by atoms with E-state index in [1.807, 2.05) is 0 Å². The Bertz CT molecular complexity index is 545. The molecule has 1 aromatic rings. The number of benzene rings is 1. The molecule has 0 bridgehead atoms. The predicted molar refractivity (Wildman–Crippen MR) is 120 cm³/mol. The lowest BCUT2D eigenvalue weighted by Gasteiger charge is -2.03. The van der Waals surface area contributed by atoms with Crippen LogP contribution in [0.2, 0.25) is 0 Å². The molecule has 0 atom stereocenters. The van der Waals surface area contributed by atoms with Gasteiger partial charge in [0, 0.05) is 23.4 Å². The molecule has 0 aliphatic heterocycles. The fourth-order valence-electron chi connectivity index (χ4n) is 3.26. The molecule has 28 heavy (non-hydrogen) atoms. The molecule has 0 heterocycles. The number of carbonyl (C=O) groups is 1. The van der Waals surface area contributed by atoms with E-state index in [2.05, 4.69) is 6.92 Å². The van der Waals surface area contributed by atoms with Crippen molar-refractivity contribution in [2.24, 2.45) is 0 Å². The average molecular weight is 408 g/mol. The highest BCUT2D eigenvalue weighted by atomic mass is 32.2. The van der Waals surface area contributed by atoms with Crippen LogP contribution in [0.25, 0.3) is 0 Å². The molecule has 5 heteroatoms. The molecule has 0 radical (unpaired) electrons. The van der Waals surface area contributed by atoms with E-state index in [1.54, 1.807) is 12.1 Å². The fourth-order valence-corrected chi connectivity index (χ4v) is 4.10. The summed E-state index contributed by atoms with van der Waals surface area (Å²) in [7, 11) is 0. The van der Waals surface area contributed by atoms with Crippen molar-refractivity contribution in [2.45, 2.75) is 96.8 Å². The molecule has 0 unspecified atom stereocenters. The van der Waals surface area contributed by atoms with Crippen molar-refractivity contribution in [1.29, 1.82) is 0 Å². The third-order valence-electron chi connectivity index (χ3n) is 5.04. The van der Waals surface area contributed by atoms with Gasteiger partial charge in [-0.05, 0) is 18.6 Å². The summed E-state index contributed by atoms with van der Waals surface area (Å²) in [5.41, 5.74) is 0.564. The van der Waals surface area contributed by atoms with Gasteiger partial charge in [-0.25, -0.2) is 0 Å². The third kappa shape index (κ3) is 12.2. The molecule has 0 saturated carbocycles. The molecule has 1 aromatic carbocycles. The summed E-state index contributed by atoms with van der Waals surface area (Å²) < 4.78 is 0. The van der Waals surface area contributed by atoms with E-state index >= 15 is 0 Å². The summed E-state index contributed by atoms with van der Waals surface area (Å²) in [6.45, 7) is 2.26. The van der Waals surface area contributed by atoms with Crippen LogP contribution in [0.5, 0.6) is 0 Å². The zero-order valence-corrected chi connectivity index (χ0v) is 18.3. The molecule has 0 aliphatic rings. The summed E-state index contributed by atoms with van der Waals surface area (Å²) in [5.74, 6) is 0.827. The molecule has 0 aromatic heterocycles. The second-order valence-electron chi connectivity index (χ2n) is 7.54. The minimum absolute atomic E-state index is 0.00425. The normalized spacial score (nSPS) is 10.9. The Hall–Kier alpha value is -1.36. The first-order valence-electron chi connectivity index (χ1n) is 11.1. The Balaban J connectivity index is 1.90. The second-order valence-corrected chi connectivity index (χ2v) is 8.60. The summed E-state index contributed by atoms with van der Waals surface area (Å²) in [4.78, 5) is 22.2. The van der Waals surface area contributed by atoms with E-state index in [-0.39, 0.29) is 10.8 Å². The van der Waals surface area contributed by atoms with Crippen molar-refractivity contribution in [3.05, 3.63) is 39.9 Å². The monoisotopic (exact) mass is 407 g/mol. The number of rotatable bonds is 17. The number of nitrogens with zero attached hydrogens (tertiary/aromatic N) is 1. The van der Waals surface area contributed by atoms with Gasteiger partial charge in [0.1, 0.15) is 0 Å². The highest BCUT2D eigenvalue weighted by molar-refractivity contribution is 8.14. The van der Waals surface area contributed by atoms with Crippen LogP contribution >= 0.6 is 11.8 Å². The largest absolute Gasteiger partial charge is 0.282 e. The lowest BCUT2D eigenvalue weighted by Crippen LogP contribution is -1.96. The molecule has 4 nitrogen and oxygen atoms in total. The van der Waals surface area contributed by atoms with Gasteiger partial charge >= 0.3 is 0 Å². The predicted octanol–water partition coefficient (Wildman–Crippen LogP) is 7.95. The first-order valence-corrected chi connectivity index (χ1v) is 12.0. The van der Waals surface area contributed by atoms with Crippen LogP contribution < -0.4 is 0 Å². The maximum absolute atomic E-state index is 12.1. The molecule has 0 spiro atoms. The van der Waals surface area contributed by atoms with Gasteiger partial charge in [-0.2, -0.15) is 0 Å². The van der Waals surface area contributed by atoms with Gasteiger partial charge in [0.25, 0.3) is 5.69 Å². The summed E-state index contributed by atoms with van der Waals surface area (Å²) in [6.07, 6.45) is 18.6. The van der Waals surface area contributed by atoms with E-state index in [0.717, 1.165) is 12.2 Å². The number of carbonyl (C=O) groups excluding carboxylic acids is 1. The van der Waals surface area contributed by atoms with Gasteiger partial charge in [-0.15, -0.1) is 0 Å². The number of nitro benzene ring substituents is 1. The van der Waals surface area contributed by atoms with Crippen molar-refractivity contribution in [1.82, 2.24) is 0 Å². The smallest absolute Gasteiger partial charge is 0.269 e.